The summed E-state index contributed by atoms with van der Waals surface area (Å²) in [5.74, 6) is 1.52. The normalized spacial score (nSPS) is 14.8. The fourth-order valence-electron chi connectivity index (χ4n) is 3.85. The number of nitrogens with one attached hydrogen (secondary N) is 1. The quantitative estimate of drug-likeness (QED) is 0.591. The molecule has 0 atom stereocenters. The van der Waals surface area contributed by atoms with E-state index in [1.807, 2.05) is 30.3 Å². The van der Waals surface area contributed by atoms with Crippen LogP contribution in [-0.2, 0) is 0 Å². The monoisotopic (exact) mass is 377 g/mol. The minimum atomic E-state index is -0.207. The van der Waals surface area contributed by atoms with Crippen molar-refractivity contribution < 1.29 is 9.13 Å². The number of H-pyrrole nitrogens is 1. The number of benzene rings is 2. The zero-order valence-electron chi connectivity index (χ0n) is 15.5. The van der Waals surface area contributed by atoms with Crippen molar-refractivity contribution in [2.24, 2.45) is 0 Å². The Morgan fingerprint density at radius 1 is 0.964 bits per heavy atom. The van der Waals surface area contributed by atoms with E-state index in [-0.39, 0.29) is 5.82 Å². The molecule has 0 spiro atoms. The van der Waals surface area contributed by atoms with Gasteiger partial charge < -0.3 is 19.5 Å². The summed E-state index contributed by atoms with van der Waals surface area (Å²) in [7, 11) is 1.66. The van der Waals surface area contributed by atoms with Crippen LogP contribution < -0.4 is 14.5 Å². The number of ether oxygens (including phenoxy) is 1. The van der Waals surface area contributed by atoms with Crippen molar-refractivity contribution in [3.8, 4) is 5.75 Å². The summed E-state index contributed by atoms with van der Waals surface area (Å²) in [4.78, 5) is 17.1. The zero-order chi connectivity index (χ0) is 19.1. The second-order valence-electron chi connectivity index (χ2n) is 6.91. The number of aromatic nitrogens is 3. The number of anilines is 2. The number of methoxy groups -OCH3 is 1. The molecule has 1 aliphatic rings. The van der Waals surface area contributed by atoms with Crippen LogP contribution >= 0.6 is 0 Å². The molecular weight excluding hydrogens is 357 g/mol. The van der Waals surface area contributed by atoms with Crippen LogP contribution in [0.1, 0.15) is 0 Å². The molecule has 142 valence electrons. The van der Waals surface area contributed by atoms with Crippen LogP contribution in [0, 0.1) is 5.82 Å². The van der Waals surface area contributed by atoms with Crippen molar-refractivity contribution in [2.75, 3.05) is 43.1 Å². The Hall–Kier alpha value is -3.35. The van der Waals surface area contributed by atoms with Gasteiger partial charge in [0.05, 0.1) is 7.11 Å². The maximum Gasteiger partial charge on any atom is 0.156 e. The molecule has 1 N–H and O–H groups in total. The number of fused-ring (bicyclic) bond motifs is 3. The number of aromatic amines is 1. The van der Waals surface area contributed by atoms with Crippen LogP contribution in [0.4, 0.5) is 15.9 Å². The van der Waals surface area contributed by atoms with Gasteiger partial charge in [0.15, 0.2) is 5.82 Å². The predicted molar refractivity (Wildman–Crippen MR) is 109 cm³/mol. The summed E-state index contributed by atoms with van der Waals surface area (Å²) in [5, 5.41) is 1.03. The summed E-state index contributed by atoms with van der Waals surface area (Å²) in [6.07, 6.45) is 1.62. The topological polar surface area (TPSA) is 57.3 Å². The van der Waals surface area contributed by atoms with Crippen LogP contribution in [-0.4, -0.2) is 48.2 Å². The Balaban J connectivity index is 1.44. The van der Waals surface area contributed by atoms with Gasteiger partial charge in [-0.25, -0.2) is 14.4 Å². The lowest BCUT2D eigenvalue weighted by Crippen LogP contribution is -2.47. The molecule has 4 aromatic rings. The van der Waals surface area contributed by atoms with E-state index in [4.69, 9.17) is 4.74 Å². The first-order valence-corrected chi connectivity index (χ1v) is 9.29. The predicted octanol–water partition coefficient (Wildman–Crippen LogP) is 3.59. The molecule has 0 amide bonds. The molecule has 0 aliphatic carbocycles. The van der Waals surface area contributed by atoms with E-state index in [0.717, 1.165) is 65.4 Å². The van der Waals surface area contributed by atoms with E-state index in [1.54, 1.807) is 13.4 Å². The standard InChI is InChI=1S/C21H20FN5O/c1-28-16-6-7-18-17(12-16)19-20(25-18)21(24-13-23-19)27-10-8-26(9-11-27)15-4-2-14(22)3-5-15/h2-7,12-13,25H,8-11H2,1H3. The molecule has 5 rings (SSSR count). The van der Waals surface area contributed by atoms with E-state index < -0.39 is 0 Å². The molecule has 0 bridgehead atoms. The molecule has 1 fully saturated rings. The number of rotatable bonds is 3. The molecule has 6 nitrogen and oxygen atoms in total. The average Bonchev–Trinajstić information content (AvgIpc) is 3.12. The summed E-state index contributed by atoms with van der Waals surface area (Å²) >= 11 is 0. The molecule has 0 radical (unpaired) electrons. The third-order valence-electron chi connectivity index (χ3n) is 5.34. The zero-order valence-corrected chi connectivity index (χ0v) is 15.5. The third kappa shape index (κ3) is 2.79. The van der Waals surface area contributed by atoms with Gasteiger partial charge in [0.25, 0.3) is 0 Å². The average molecular weight is 377 g/mol. The Morgan fingerprint density at radius 2 is 1.71 bits per heavy atom. The number of hydrogen-bond donors (Lipinski definition) is 1. The van der Waals surface area contributed by atoms with Gasteiger partial charge >= 0.3 is 0 Å². The highest BCUT2D eigenvalue weighted by Gasteiger charge is 2.22. The number of piperazine rings is 1. The molecule has 3 heterocycles. The van der Waals surface area contributed by atoms with Crippen molar-refractivity contribution in [3.63, 3.8) is 0 Å². The minimum absolute atomic E-state index is 0.207. The molecule has 0 unspecified atom stereocenters. The van der Waals surface area contributed by atoms with Crippen LogP contribution in [0.5, 0.6) is 5.75 Å². The largest absolute Gasteiger partial charge is 0.497 e. The highest BCUT2D eigenvalue weighted by atomic mass is 19.1. The minimum Gasteiger partial charge on any atom is -0.497 e. The van der Waals surface area contributed by atoms with Crippen LogP contribution in [0.3, 0.4) is 0 Å². The summed E-state index contributed by atoms with van der Waals surface area (Å²) in [5.41, 5.74) is 3.91. The lowest BCUT2D eigenvalue weighted by atomic mass is 10.2. The fourth-order valence-corrected chi connectivity index (χ4v) is 3.85. The first kappa shape index (κ1) is 16.8. The summed E-state index contributed by atoms with van der Waals surface area (Å²) in [6.45, 7) is 3.38. The van der Waals surface area contributed by atoms with Gasteiger partial charge in [0, 0.05) is 42.8 Å². The van der Waals surface area contributed by atoms with Crippen molar-refractivity contribution >= 4 is 33.4 Å². The first-order valence-electron chi connectivity index (χ1n) is 9.29. The SMILES string of the molecule is COc1ccc2[nH]c3c(N4CCN(c5ccc(F)cc5)CC4)ncnc3c2c1. The maximum atomic E-state index is 13.2. The summed E-state index contributed by atoms with van der Waals surface area (Å²) in [6, 6.07) is 12.6. The molecule has 2 aromatic carbocycles. The molecule has 1 aliphatic heterocycles. The molecule has 0 saturated carbocycles. The molecule has 2 aromatic heterocycles. The van der Waals surface area contributed by atoms with E-state index in [1.165, 1.54) is 12.1 Å². The van der Waals surface area contributed by atoms with Gasteiger partial charge in [0.1, 0.15) is 28.9 Å². The second kappa shape index (κ2) is 6.67. The van der Waals surface area contributed by atoms with Crippen molar-refractivity contribution in [1.82, 2.24) is 15.0 Å². The lowest BCUT2D eigenvalue weighted by Gasteiger charge is -2.36. The van der Waals surface area contributed by atoms with Crippen molar-refractivity contribution in [2.45, 2.75) is 0 Å². The Morgan fingerprint density at radius 3 is 2.46 bits per heavy atom. The van der Waals surface area contributed by atoms with Gasteiger partial charge in [-0.1, -0.05) is 0 Å². The van der Waals surface area contributed by atoms with Crippen LogP contribution in [0.2, 0.25) is 0 Å². The molecule has 7 heteroatoms. The van der Waals surface area contributed by atoms with E-state index in [2.05, 4.69) is 24.8 Å². The number of halogens is 1. The Labute approximate surface area is 161 Å². The van der Waals surface area contributed by atoms with Crippen molar-refractivity contribution in [1.29, 1.82) is 0 Å². The molecule has 1 saturated heterocycles. The van der Waals surface area contributed by atoms with Gasteiger partial charge in [-0.3, -0.25) is 0 Å². The number of hydrogen-bond acceptors (Lipinski definition) is 5. The Bertz CT molecular complexity index is 1130. The second-order valence-corrected chi connectivity index (χ2v) is 6.91. The lowest BCUT2D eigenvalue weighted by molar-refractivity contribution is 0.415. The van der Waals surface area contributed by atoms with Gasteiger partial charge in [0.2, 0.25) is 0 Å². The Kier molecular flexibility index (Phi) is 4.00. The highest BCUT2D eigenvalue weighted by molar-refractivity contribution is 6.08. The van der Waals surface area contributed by atoms with Crippen LogP contribution in [0.25, 0.3) is 21.9 Å². The number of nitrogens with zero attached hydrogens (tertiary/aromatic N) is 4. The van der Waals surface area contributed by atoms with Gasteiger partial charge in [-0.05, 0) is 42.5 Å². The first-order chi connectivity index (χ1) is 13.7. The third-order valence-corrected chi connectivity index (χ3v) is 5.34. The maximum absolute atomic E-state index is 13.2. The molecule has 28 heavy (non-hydrogen) atoms. The highest BCUT2D eigenvalue weighted by Crippen LogP contribution is 2.32. The van der Waals surface area contributed by atoms with Crippen LogP contribution in [0.15, 0.2) is 48.8 Å². The van der Waals surface area contributed by atoms with E-state index in [0.29, 0.717) is 0 Å². The van der Waals surface area contributed by atoms with E-state index >= 15 is 0 Å². The smallest absolute Gasteiger partial charge is 0.156 e. The van der Waals surface area contributed by atoms with Crippen molar-refractivity contribution in [3.05, 3.63) is 54.6 Å². The summed E-state index contributed by atoms with van der Waals surface area (Å²) < 4.78 is 18.5. The fraction of sp³-hybridized carbons (Fsp3) is 0.238. The van der Waals surface area contributed by atoms with Gasteiger partial charge in [-0.15, -0.1) is 0 Å². The van der Waals surface area contributed by atoms with Gasteiger partial charge in [-0.2, -0.15) is 0 Å². The molecular formula is C21H20FN5O. The van der Waals surface area contributed by atoms with E-state index in [9.17, 15) is 4.39 Å².